The number of likely N-dealkylation sites (N-methyl/N-ethyl adjacent to an activating group) is 1. The van der Waals surface area contributed by atoms with Crippen molar-refractivity contribution >= 4 is 11.6 Å². The highest BCUT2D eigenvalue weighted by Crippen LogP contribution is 2.21. The lowest BCUT2D eigenvalue weighted by Crippen LogP contribution is -2.31. The van der Waals surface area contributed by atoms with Gasteiger partial charge in [0.05, 0.1) is 6.42 Å². The van der Waals surface area contributed by atoms with Gasteiger partial charge in [0.2, 0.25) is 5.91 Å². The van der Waals surface area contributed by atoms with Crippen molar-refractivity contribution in [3.8, 4) is 5.75 Å². The molecule has 0 aliphatic heterocycles. The Morgan fingerprint density at radius 3 is 2.60 bits per heavy atom. The monoisotopic (exact) mass is 273 g/mol. The van der Waals surface area contributed by atoms with Gasteiger partial charge in [-0.15, -0.1) is 0 Å². The molecule has 0 saturated carbocycles. The average Bonchev–Trinajstić information content (AvgIpc) is 2.39. The van der Waals surface area contributed by atoms with E-state index in [2.05, 4.69) is 0 Å². The molecule has 0 aliphatic carbocycles. The number of hydrogen-bond donors (Lipinski definition) is 1. The average molecular weight is 273 g/mol. The van der Waals surface area contributed by atoms with E-state index in [0.717, 1.165) is 0 Å². The SMILES string of the molecule is CCN(C(=O)Cc1cccc(F)c1)c1cccc(O)c1. The second-order valence-corrected chi connectivity index (χ2v) is 4.46. The number of amides is 1. The molecule has 0 heterocycles. The molecular formula is C16H16FNO2. The van der Waals surface area contributed by atoms with Crippen molar-refractivity contribution in [3.05, 3.63) is 59.9 Å². The first-order chi connectivity index (χ1) is 9.60. The molecule has 0 radical (unpaired) electrons. The molecule has 0 aromatic heterocycles. The summed E-state index contributed by atoms with van der Waals surface area (Å²) in [4.78, 5) is 13.8. The molecule has 0 spiro atoms. The highest BCUT2D eigenvalue weighted by atomic mass is 19.1. The smallest absolute Gasteiger partial charge is 0.231 e. The Bertz CT molecular complexity index is 613. The zero-order valence-electron chi connectivity index (χ0n) is 11.2. The molecular weight excluding hydrogens is 257 g/mol. The largest absolute Gasteiger partial charge is 0.508 e. The first-order valence-electron chi connectivity index (χ1n) is 6.44. The minimum Gasteiger partial charge on any atom is -0.508 e. The molecule has 0 unspecified atom stereocenters. The number of halogens is 1. The van der Waals surface area contributed by atoms with E-state index >= 15 is 0 Å². The van der Waals surface area contributed by atoms with Crippen molar-refractivity contribution in [3.63, 3.8) is 0 Å². The van der Waals surface area contributed by atoms with Crippen LogP contribution in [-0.4, -0.2) is 17.6 Å². The summed E-state index contributed by atoms with van der Waals surface area (Å²) < 4.78 is 13.1. The van der Waals surface area contributed by atoms with E-state index in [0.29, 0.717) is 17.8 Å². The molecule has 3 nitrogen and oxygen atoms in total. The summed E-state index contributed by atoms with van der Waals surface area (Å²) in [6, 6.07) is 12.5. The van der Waals surface area contributed by atoms with Crippen LogP contribution in [0.5, 0.6) is 5.75 Å². The van der Waals surface area contributed by atoms with Crippen molar-refractivity contribution in [1.29, 1.82) is 0 Å². The Kier molecular flexibility index (Phi) is 4.35. The van der Waals surface area contributed by atoms with Gasteiger partial charge in [-0.1, -0.05) is 18.2 Å². The van der Waals surface area contributed by atoms with Gasteiger partial charge in [0.15, 0.2) is 0 Å². The fraction of sp³-hybridized carbons (Fsp3) is 0.188. The number of rotatable bonds is 4. The van der Waals surface area contributed by atoms with Crippen molar-refractivity contribution < 1.29 is 14.3 Å². The number of anilines is 1. The Labute approximate surface area is 117 Å². The number of phenols is 1. The minimum atomic E-state index is -0.351. The van der Waals surface area contributed by atoms with Crippen LogP contribution in [-0.2, 0) is 11.2 Å². The normalized spacial score (nSPS) is 10.3. The zero-order chi connectivity index (χ0) is 14.5. The topological polar surface area (TPSA) is 40.5 Å². The summed E-state index contributed by atoms with van der Waals surface area (Å²) in [6.07, 6.45) is 0.126. The van der Waals surface area contributed by atoms with Crippen molar-refractivity contribution in [2.24, 2.45) is 0 Å². The number of hydrogen-bond acceptors (Lipinski definition) is 2. The number of benzene rings is 2. The quantitative estimate of drug-likeness (QED) is 0.929. The lowest BCUT2D eigenvalue weighted by Gasteiger charge is -2.21. The van der Waals surface area contributed by atoms with E-state index in [1.54, 1.807) is 35.2 Å². The van der Waals surface area contributed by atoms with Gasteiger partial charge < -0.3 is 10.0 Å². The van der Waals surface area contributed by atoms with Crippen LogP contribution in [0, 0.1) is 5.82 Å². The Morgan fingerprint density at radius 1 is 1.20 bits per heavy atom. The Morgan fingerprint density at radius 2 is 1.95 bits per heavy atom. The fourth-order valence-electron chi connectivity index (χ4n) is 2.08. The van der Waals surface area contributed by atoms with Crippen LogP contribution in [0.25, 0.3) is 0 Å². The van der Waals surface area contributed by atoms with Gasteiger partial charge in [0, 0.05) is 18.3 Å². The molecule has 0 atom stereocenters. The maximum Gasteiger partial charge on any atom is 0.231 e. The molecule has 2 aromatic rings. The van der Waals surface area contributed by atoms with Gasteiger partial charge >= 0.3 is 0 Å². The van der Waals surface area contributed by atoms with Crippen LogP contribution in [0.15, 0.2) is 48.5 Å². The molecule has 1 amide bonds. The summed E-state index contributed by atoms with van der Waals surface area (Å²) in [5.74, 6) is -0.376. The lowest BCUT2D eigenvalue weighted by atomic mass is 10.1. The predicted octanol–water partition coefficient (Wildman–Crippen LogP) is 3.13. The van der Waals surface area contributed by atoms with Gasteiger partial charge in [-0.3, -0.25) is 4.79 Å². The van der Waals surface area contributed by atoms with Crippen LogP contribution in [0.2, 0.25) is 0 Å². The molecule has 0 bridgehead atoms. The maximum atomic E-state index is 13.1. The van der Waals surface area contributed by atoms with Crippen LogP contribution in [0.1, 0.15) is 12.5 Å². The summed E-state index contributed by atoms with van der Waals surface area (Å²) in [5, 5.41) is 9.48. The standard InChI is InChI=1S/C16H16FNO2/c1-2-18(14-7-4-8-15(19)11-14)16(20)10-12-5-3-6-13(17)9-12/h3-9,11,19H,2,10H2,1H3. The Balaban J connectivity index is 2.17. The number of carbonyl (C=O) groups is 1. The van der Waals surface area contributed by atoms with Gasteiger partial charge in [-0.25, -0.2) is 4.39 Å². The van der Waals surface area contributed by atoms with Gasteiger partial charge in [0.1, 0.15) is 11.6 Å². The second kappa shape index (κ2) is 6.19. The van der Waals surface area contributed by atoms with E-state index in [9.17, 15) is 14.3 Å². The highest BCUT2D eigenvalue weighted by molar-refractivity contribution is 5.94. The summed E-state index contributed by atoms with van der Waals surface area (Å²) >= 11 is 0. The number of carbonyl (C=O) groups excluding carboxylic acids is 1. The third-order valence-corrected chi connectivity index (χ3v) is 3.00. The van der Waals surface area contributed by atoms with E-state index in [1.165, 1.54) is 18.2 Å². The molecule has 0 aliphatic rings. The van der Waals surface area contributed by atoms with Crippen molar-refractivity contribution in [1.82, 2.24) is 0 Å². The molecule has 20 heavy (non-hydrogen) atoms. The summed E-state index contributed by atoms with van der Waals surface area (Å²) in [5.41, 5.74) is 1.27. The highest BCUT2D eigenvalue weighted by Gasteiger charge is 2.15. The maximum absolute atomic E-state index is 13.1. The van der Waals surface area contributed by atoms with Crippen LogP contribution in [0.3, 0.4) is 0 Å². The van der Waals surface area contributed by atoms with E-state index in [1.807, 2.05) is 6.92 Å². The van der Waals surface area contributed by atoms with Crippen LogP contribution >= 0.6 is 0 Å². The molecule has 2 aromatic carbocycles. The van der Waals surface area contributed by atoms with Crippen molar-refractivity contribution in [2.75, 3.05) is 11.4 Å². The number of phenolic OH excluding ortho intramolecular Hbond substituents is 1. The molecule has 2 rings (SSSR count). The van der Waals surface area contributed by atoms with Crippen molar-refractivity contribution in [2.45, 2.75) is 13.3 Å². The fourth-order valence-corrected chi connectivity index (χ4v) is 2.08. The molecule has 0 fully saturated rings. The van der Waals surface area contributed by atoms with Gasteiger partial charge in [0.25, 0.3) is 0 Å². The van der Waals surface area contributed by atoms with E-state index in [-0.39, 0.29) is 23.9 Å². The zero-order valence-corrected chi connectivity index (χ0v) is 11.2. The predicted molar refractivity (Wildman–Crippen MR) is 76.2 cm³/mol. The van der Waals surface area contributed by atoms with E-state index < -0.39 is 0 Å². The third-order valence-electron chi connectivity index (χ3n) is 3.00. The van der Waals surface area contributed by atoms with Crippen LogP contribution < -0.4 is 4.90 Å². The molecule has 104 valence electrons. The Hall–Kier alpha value is -2.36. The minimum absolute atomic E-state index is 0.111. The van der Waals surface area contributed by atoms with Crippen LogP contribution in [0.4, 0.5) is 10.1 Å². The molecule has 0 saturated heterocycles. The molecule has 4 heteroatoms. The molecule has 1 N–H and O–H groups in total. The number of aromatic hydroxyl groups is 1. The third kappa shape index (κ3) is 3.35. The van der Waals surface area contributed by atoms with Gasteiger partial charge in [-0.05, 0) is 36.8 Å². The number of nitrogens with zero attached hydrogens (tertiary/aromatic N) is 1. The second-order valence-electron chi connectivity index (χ2n) is 4.46. The summed E-state index contributed by atoms with van der Waals surface area (Å²) in [6.45, 7) is 2.34. The lowest BCUT2D eigenvalue weighted by molar-refractivity contribution is -0.117. The first-order valence-corrected chi connectivity index (χ1v) is 6.44. The summed E-state index contributed by atoms with van der Waals surface area (Å²) in [7, 11) is 0. The van der Waals surface area contributed by atoms with E-state index in [4.69, 9.17) is 0 Å². The van der Waals surface area contributed by atoms with Gasteiger partial charge in [-0.2, -0.15) is 0 Å². The first kappa shape index (κ1) is 14.1.